The minimum absolute atomic E-state index is 0.0863. The van der Waals surface area contributed by atoms with E-state index in [2.05, 4.69) is 27.1 Å². The summed E-state index contributed by atoms with van der Waals surface area (Å²) in [6, 6.07) is 7.81. The van der Waals surface area contributed by atoms with Gasteiger partial charge in [-0.25, -0.2) is 0 Å². The van der Waals surface area contributed by atoms with E-state index >= 15 is 0 Å². The number of fused-ring (bicyclic) bond motifs is 1. The van der Waals surface area contributed by atoms with Crippen LogP contribution >= 0.6 is 23.1 Å². The molecule has 118 valence electrons. The van der Waals surface area contributed by atoms with Crippen molar-refractivity contribution in [3.63, 3.8) is 0 Å². The number of H-pyrrole nitrogens is 1. The van der Waals surface area contributed by atoms with Crippen LogP contribution in [0.2, 0.25) is 0 Å². The third-order valence-corrected chi connectivity index (χ3v) is 5.37. The number of nitrogens with zero attached hydrogens (tertiary/aromatic N) is 2. The van der Waals surface area contributed by atoms with Crippen LogP contribution in [0.3, 0.4) is 0 Å². The predicted molar refractivity (Wildman–Crippen MR) is 96.5 cm³/mol. The summed E-state index contributed by atoms with van der Waals surface area (Å²) in [5.74, 6) is 0.0863. The summed E-state index contributed by atoms with van der Waals surface area (Å²) in [6.07, 6.45) is 3.54. The summed E-state index contributed by atoms with van der Waals surface area (Å²) >= 11 is 2.87. The highest BCUT2D eigenvalue weighted by Crippen LogP contribution is 2.31. The molecule has 3 aromatic rings. The zero-order chi connectivity index (χ0) is 16.2. The molecule has 0 aliphatic rings. The average molecular weight is 344 g/mol. The fraction of sp³-hybridized carbons (Fsp3) is 0.188. The molecular formula is C16H16N4OS2. The van der Waals surface area contributed by atoms with E-state index in [1.807, 2.05) is 31.2 Å². The van der Waals surface area contributed by atoms with Crippen LogP contribution in [0.1, 0.15) is 17.3 Å². The highest BCUT2D eigenvalue weighted by atomic mass is 32.2. The smallest absolute Gasteiger partial charge is 0.206 e. The van der Waals surface area contributed by atoms with E-state index in [-0.39, 0.29) is 11.0 Å². The lowest BCUT2D eigenvalue weighted by atomic mass is 10.1. The van der Waals surface area contributed by atoms with Crippen LogP contribution in [0.5, 0.6) is 0 Å². The first kappa shape index (κ1) is 15.8. The topological polar surface area (TPSA) is 70.7 Å². The van der Waals surface area contributed by atoms with Crippen molar-refractivity contribution in [2.24, 2.45) is 0 Å². The number of benzene rings is 1. The van der Waals surface area contributed by atoms with Gasteiger partial charge in [-0.2, -0.15) is 0 Å². The second-order valence-electron chi connectivity index (χ2n) is 4.91. The van der Waals surface area contributed by atoms with Gasteiger partial charge in [0.2, 0.25) is 5.13 Å². The van der Waals surface area contributed by atoms with Gasteiger partial charge in [0.25, 0.3) is 0 Å². The molecule has 0 saturated carbocycles. The highest BCUT2D eigenvalue weighted by Gasteiger charge is 2.21. The van der Waals surface area contributed by atoms with Gasteiger partial charge in [0, 0.05) is 29.2 Å². The summed E-state index contributed by atoms with van der Waals surface area (Å²) < 4.78 is 0.775. The number of ketones is 1. The molecule has 0 amide bonds. The fourth-order valence-electron chi connectivity index (χ4n) is 2.19. The molecule has 2 N–H and O–H groups in total. The zero-order valence-electron chi connectivity index (χ0n) is 12.6. The molecule has 0 saturated heterocycles. The van der Waals surface area contributed by atoms with Crippen molar-refractivity contribution in [2.75, 3.05) is 11.9 Å². The molecule has 2 aromatic heterocycles. The summed E-state index contributed by atoms with van der Waals surface area (Å²) in [5.41, 5.74) is 1.69. The van der Waals surface area contributed by atoms with Gasteiger partial charge in [-0.3, -0.25) is 4.79 Å². The Morgan fingerprint density at radius 1 is 1.48 bits per heavy atom. The van der Waals surface area contributed by atoms with E-state index < -0.39 is 0 Å². The number of rotatable bonds is 7. The molecule has 0 bridgehead atoms. The molecule has 2 heterocycles. The van der Waals surface area contributed by atoms with Crippen LogP contribution in [-0.2, 0) is 0 Å². The molecule has 0 aliphatic heterocycles. The Labute approximate surface area is 142 Å². The number of hydrogen-bond donors (Lipinski definition) is 2. The number of hydrogen-bond acceptors (Lipinski definition) is 6. The Morgan fingerprint density at radius 3 is 3.13 bits per heavy atom. The van der Waals surface area contributed by atoms with Gasteiger partial charge in [-0.1, -0.05) is 47.4 Å². The second kappa shape index (κ2) is 6.97. The first-order chi connectivity index (χ1) is 11.2. The highest BCUT2D eigenvalue weighted by molar-refractivity contribution is 8.02. The normalized spacial score (nSPS) is 12.2. The molecule has 0 fully saturated rings. The van der Waals surface area contributed by atoms with Crippen molar-refractivity contribution < 1.29 is 4.79 Å². The summed E-state index contributed by atoms with van der Waals surface area (Å²) in [7, 11) is 0. The van der Waals surface area contributed by atoms with E-state index in [0.29, 0.717) is 6.54 Å². The number of nitrogens with one attached hydrogen (secondary N) is 2. The van der Waals surface area contributed by atoms with Crippen LogP contribution in [0, 0.1) is 0 Å². The quantitative estimate of drug-likeness (QED) is 0.385. The summed E-state index contributed by atoms with van der Waals surface area (Å²) in [5, 5.41) is 12.7. The SMILES string of the molecule is C=CCNc1nnc(SC(C)C(=O)c2c[nH]c3ccccc23)s1. The minimum atomic E-state index is -0.227. The van der Waals surface area contributed by atoms with Gasteiger partial charge in [0.05, 0.1) is 5.25 Å². The first-order valence-electron chi connectivity index (χ1n) is 7.14. The van der Waals surface area contributed by atoms with Crippen molar-refractivity contribution in [1.29, 1.82) is 0 Å². The van der Waals surface area contributed by atoms with Crippen LogP contribution in [0.15, 0.2) is 47.5 Å². The van der Waals surface area contributed by atoms with Gasteiger partial charge in [0.1, 0.15) is 0 Å². The zero-order valence-corrected chi connectivity index (χ0v) is 14.2. The monoisotopic (exact) mass is 344 g/mol. The van der Waals surface area contributed by atoms with E-state index in [0.717, 1.165) is 25.9 Å². The Bertz CT molecular complexity index is 839. The van der Waals surface area contributed by atoms with Gasteiger partial charge in [-0.15, -0.1) is 16.8 Å². The minimum Gasteiger partial charge on any atom is -0.360 e. The lowest BCUT2D eigenvalue weighted by molar-refractivity contribution is 0.0995. The van der Waals surface area contributed by atoms with Crippen LogP contribution in [0.4, 0.5) is 5.13 Å². The van der Waals surface area contributed by atoms with Gasteiger partial charge in [0.15, 0.2) is 10.1 Å². The third kappa shape index (κ3) is 3.46. The molecule has 7 heteroatoms. The fourth-order valence-corrected chi connectivity index (χ4v) is 4.16. The van der Waals surface area contributed by atoms with Crippen molar-refractivity contribution in [3.8, 4) is 0 Å². The molecule has 5 nitrogen and oxygen atoms in total. The Morgan fingerprint density at radius 2 is 2.30 bits per heavy atom. The number of anilines is 1. The molecule has 1 aromatic carbocycles. The second-order valence-corrected chi connectivity index (χ2v) is 7.48. The number of para-hydroxylation sites is 1. The molecule has 0 aliphatic carbocycles. The first-order valence-corrected chi connectivity index (χ1v) is 8.84. The van der Waals surface area contributed by atoms with Crippen LogP contribution < -0.4 is 5.32 Å². The maximum Gasteiger partial charge on any atom is 0.206 e. The van der Waals surface area contributed by atoms with E-state index in [9.17, 15) is 4.79 Å². The van der Waals surface area contributed by atoms with Crippen LogP contribution in [0.25, 0.3) is 10.9 Å². The van der Waals surface area contributed by atoms with E-state index in [4.69, 9.17) is 0 Å². The number of aromatic amines is 1. The predicted octanol–water partition coefficient (Wildman–Crippen LogP) is 3.98. The number of carbonyl (C=O) groups excluding carboxylic acids is 1. The standard InChI is InChI=1S/C16H16N4OS2/c1-3-8-17-15-19-20-16(23-15)22-10(2)14(21)12-9-18-13-7-5-4-6-11(12)13/h3-7,9-10,18H,1,8H2,2H3,(H,17,19). The number of aromatic nitrogens is 3. The number of carbonyl (C=O) groups is 1. The van der Waals surface area contributed by atoms with Gasteiger partial charge < -0.3 is 10.3 Å². The maximum absolute atomic E-state index is 12.7. The lowest BCUT2D eigenvalue weighted by Crippen LogP contribution is -2.12. The number of thioether (sulfide) groups is 1. The van der Waals surface area contributed by atoms with Crippen LogP contribution in [-0.4, -0.2) is 32.8 Å². The average Bonchev–Trinajstić information content (AvgIpc) is 3.18. The summed E-state index contributed by atoms with van der Waals surface area (Å²) in [4.78, 5) is 15.8. The summed E-state index contributed by atoms with van der Waals surface area (Å²) in [6.45, 7) is 6.19. The van der Waals surface area contributed by atoms with Crippen molar-refractivity contribution >= 4 is 44.9 Å². The number of Topliss-reactive ketones (excluding diaryl/α,β-unsaturated/α-hetero) is 1. The molecule has 3 rings (SSSR count). The van der Waals surface area contributed by atoms with Gasteiger partial charge >= 0.3 is 0 Å². The molecule has 23 heavy (non-hydrogen) atoms. The van der Waals surface area contributed by atoms with Crippen molar-refractivity contribution in [3.05, 3.63) is 48.7 Å². The van der Waals surface area contributed by atoms with E-state index in [1.54, 1.807) is 12.3 Å². The Hall–Kier alpha value is -2.12. The Balaban J connectivity index is 1.72. The van der Waals surface area contributed by atoms with E-state index in [1.165, 1.54) is 23.1 Å². The Kier molecular flexibility index (Phi) is 4.78. The third-order valence-electron chi connectivity index (χ3n) is 3.31. The maximum atomic E-state index is 12.7. The van der Waals surface area contributed by atoms with Crippen molar-refractivity contribution in [1.82, 2.24) is 15.2 Å². The molecule has 1 unspecified atom stereocenters. The molecule has 0 spiro atoms. The van der Waals surface area contributed by atoms with Gasteiger partial charge in [-0.05, 0) is 13.0 Å². The molecule has 1 atom stereocenters. The largest absolute Gasteiger partial charge is 0.360 e. The lowest BCUT2D eigenvalue weighted by Gasteiger charge is -2.06. The molecule has 0 radical (unpaired) electrons. The molecular weight excluding hydrogens is 328 g/mol. The van der Waals surface area contributed by atoms with Crippen molar-refractivity contribution in [2.45, 2.75) is 16.5 Å².